The van der Waals surface area contributed by atoms with Gasteiger partial charge in [-0.2, -0.15) is 0 Å². The van der Waals surface area contributed by atoms with Crippen molar-refractivity contribution in [1.82, 2.24) is 9.97 Å². The van der Waals surface area contributed by atoms with Crippen LogP contribution in [0.4, 0.5) is 11.5 Å². The highest BCUT2D eigenvalue weighted by atomic mass is 79.9. The van der Waals surface area contributed by atoms with E-state index in [2.05, 4.69) is 31.2 Å². The predicted octanol–water partition coefficient (Wildman–Crippen LogP) is 3.05. The monoisotopic (exact) mass is 356 g/mol. The van der Waals surface area contributed by atoms with Gasteiger partial charge in [-0.1, -0.05) is 11.6 Å². The molecule has 0 saturated heterocycles. The maximum atomic E-state index is 12.0. The molecular formula is C11H6BrClN4O3. The van der Waals surface area contributed by atoms with Crippen LogP contribution < -0.4 is 5.32 Å². The van der Waals surface area contributed by atoms with Crippen LogP contribution in [0.25, 0.3) is 0 Å². The highest BCUT2D eigenvalue weighted by Gasteiger charge is 2.16. The molecule has 1 aromatic heterocycles. The Hall–Kier alpha value is -2.06. The summed E-state index contributed by atoms with van der Waals surface area (Å²) in [6.07, 6.45) is 2.75. The molecule has 1 N–H and O–H groups in total. The van der Waals surface area contributed by atoms with Crippen LogP contribution in [0.2, 0.25) is 5.02 Å². The molecule has 0 atom stereocenters. The van der Waals surface area contributed by atoms with E-state index in [1.54, 1.807) is 0 Å². The van der Waals surface area contributed by atoms with Crippen molar-refractivity contribution in [3.63, 3.8) is 0 Å². The van der Waals surface area contributed by atoms with Crippen molar-refractivity contribution < 1.29 is 9.72 Å². The smallest absolute Gasteiger partial charge is 0.270 e. The van der Waals surface area contributed by atoms with Crippen LogP contribution in [0.1, 0.15) is 10.4 Å². The van der Waals surface area contributed by atoms with Gasteiger partial charge in [-0.05, 0) is 22.0 Å². The first kappa shape index (κ1) is 14.4. The number of rotatable bonds is 3. The number of nitrogens with one attached hydrogen (secondary N) is 1. The third-order valence-electron chi connectivity index (χ3n) is 2.27. The van der Waals surface area contributed by atoms with E-state index in [9.17, 15) is 14.9 Å². The van der Waals surface area contributed by atoms with Crippen molar-refractivity contribution in [3.8, 4) is 0 Å². The highest BCUT2D eigenvalue weighted by molar-refractivity contribution is 9.10. The largest absolute Gasteiger partial charge is 0.305 e. The third kappa shape index (κ3) is 3.28. The fraction of sp³-hybridized carbons (Fsp3) is 0. The van der Waals surface area contributed by atoms with E-state index in [0.29, 0.717) is 4.60 Å². The molecule has 0 spiro atoms. The van der Waals surface area contributed by atoms with Crippen LogP contribution in [0.5, 0.6) is 0 Å². The summed E-state index contributed by atoms with van der Waals surface area (Å²) in [5.74, 6) is -0.393. The van der Waals surface area contributed by atoms with Crippen LogP contribution in [0.15, 0.2) is 35.2 Å². The van der Waals surface area contributed by atoms with Crippen LogP contribution in [0, 0.1) is 10.1 Å². The average Bonchev–Trinajstić information content (AvgIpc) is 2.41. The molecule has 0 aliphatic rings. The van der Waals surface area contributed by atoms with Crippen molar-refractivity contribution >= 4 is 44.9 Å². The summed E-state index contributed by atoms with van der Waals surface area (Å²) in [5.41, 5.74) is -0.230. The number of non-ortho nitro benzene ring substituents is 1. The Balaban J connectivity index is 2.26. The number of nitro benzene ring substituents is 1. The first-order valence-electron chi connectivity index (χ1n) is 5.20. The minimum Gasteiger partial charge on any atom is -0.305 e. The molecule has 0 saturated carbocycles. The Morgan fingerprint density at radius 1 is 1.35 bits per heavy atom. The Bertz CT molecular complexity index is 678. The molecule has 1 amide bonds. The lowest BCUT2D eigenvalue weighted by molar-refractivity contribution is -0.384. The van der Waals surface area contributed by atoms with Crippen molar-refractivity contribution in [2.45, 2.75) is 0 Å². The van der Waals surface area contributed by atoms with Crippen molar-refractivity contribution in [3.05, 3.63) is 55.9 Å². The lowest BCUT2D eigenvalue weighted by Crippen LogP contribution is -2.14. The summed E-state index contributed by atoms with van der Waals surface area (Å²) in [6.45, 7) is 0. The Morgan fingerprint density at radius 2 is 2.10 bits per heavy atom. The van der Waals surface area contributed by atoms with E-state index in [-0.39, 0.29) is 22.1 Å². The van der Waals surface area contributed by atoms with Crippen LogP contribution in [-0.4, -0.2) is 20.8 Å². The van der Waals surface area contributed by atoms with Gasteiger partial charge in [-0.25, -0.2) is 9.97 Å². The fourth-order valence-corrected chi connectivity index (χ4v) is 1.77. The second kappa shape index (κ2) is 5.93. The second-order valence-corrected chi connectivity index (χ2v) is 4.82. The summed E-state index contributed by atoms with van der Waals surface area (Å²) < 4.78 is 0.517. The molecule has 0 fully saturated rings. The molecule has 20 heavy (non-hydrogen) atoms. The number of nitrogens with zero attached hydrogens (tertiary/aromatic N) is 3. The molecule has 102 valence electrons. The topological polar surface area (TPSA) is 98.0 Å². The SMILES string of the molecule is O=C(Nc1cnc(Br)cn1)c1cc([N+](=O)[O-])ccc1Cl. The summed E-state index contributed by atoms with van der Waals surface area (Å²) in [6, 6.07) is 3.62. The fourth-order valence-electron chi connectivity index (χ4n) is 1.36. The molecule has 2 rings (SSSR count). The number of benzene rings is 1. The van der Waals surface area contributed by atoms with Gasteiger partial charge in [0.1, 0.15) is 4.60 Å². The van der Waals surface area contributed by atoms with Crippen molar-refractivity contribution in [2.75, 3.05) is 5.32 Å². The number of nitro groups is 1. The van der Waals surface area contributed by atoms with Crippen LogP contribution >= 0.6 is 27.5 Å². The average molecular weight is 358 g/mol. The van der Waals surface area contributed by atoms with E-state index in [4.69, 9.17) is 11.6 Å². The summed E-state index contributed by atoms with van der Waals surface area (Å²) in [4.78, 5) is 29.9. The number of halogens is 2. The molecule has 0 aliphatic heterocycles. The molecule has 9 heteroatoms. The molecule has 1 aromatic carbocycles. The first-order valence-corrected chi connectivity index (χ1v) is 6.37. The minimum atomic E-state index is -0.605. The number of anilines is 1. The Labute approximate surface area is 126 Å². The van der Waals surface area contributed by atoms with E-state index in [1.807, 2.05) is 0 Å². The van der Waals surface area contributed by atoms with Gasteiger partial charge in [-0.15, -0.1) is 0 Å². The van der Waals surface area contributed by atoms with E-state index in [1.165, 1.54) is 24.5 Å². The number of hydrogen-bond donors (Lipinski definition) is 1. The molecule has 1 heterocycles. The third-order valence-corrected chi connectivity index (χ3v) is 3.01. The Morgan fingerprint density at radius 3 is 2.70 bits per heavy atom. The van der Waals surface area contributed by atoms with Crippen molar-refractivity contribution in [1.29, 1.82) is 0 Å². The van der Waals surface area contributed by atoms with Gasteiger partial charge in [-0.3, -0.25) is 14.9 Å². The number of hydrogen-bond acceptors (Lipinski definition) is 5. The zero-order chi connectivity index (χ0) is 14.7. The molecule has 7 nitrogen and oxygen atoms in total. The van der Waals surface area contributed by atoms with Crippen molar-refractivity contribution in [2.24, 2.45) is 0 Å². The highest BCUT2D eigenvalue weighted by Crippen LogP contribution is 2.22. The van der Waals surface area contributed by atoms with Gasteiger partial charge < -0.3 is 5.32 Å². The van der Waals surface area contributed by atoms with Gasteiger partial charge in [0.05, 0.1) is 27.9 Å². The normalized spacial score (nSPS) is 10.1. The quantitative estimate of drug-likeness (QED) is 0.672. The maximum Gasteiger partial charge on any atom is 0.270 e. The standard InChI is InChI=1S/C11H6BrClN4O3/c12-9-4-15-10(5-14-9)16-11(18)7-3-6(17(19)20)1-2-8(7)13/h1-5H,(H,15,16,18). The molecule has 0 bridgehead atoms. The van der Waals surface area contributed by atoms with Gasteiger partial charge in [0.25, 0.3) is 11.6 Å². The number of aromatic nitrogens is 2. The van der Waals surface area contributed by atoms with Gasteiger partial charge in [0.2, 0.25) is 0 Å². The zero-order valence-corrected chi connectivity index (χ0v) is 12.1. The predicted molar refractivity (Wildman–Crippen MR) is 75.8 cm³/mol. The first-order chi connectivity index (χ1) is 9.47. The number of carbonyl (C=O) groups is 1. The van der Waals surface area contributed by atoms with Gasteiger partial charge >= 0.3 is 0 Å². The number of amides is 1. The van der Waals surface area contributed by atoms with E-state index < -0.39 is 10.8 Å². The molecular weight excluding hydrogens is 352 g/mol. The Kier molecular flexibility index (Phi) is 4.26. The van der Waals surface area contributed by atoms with E-state index >= 15 is 0 Å². The summed E-state index contributed by atoms with van der Waals surface area (Å²) in [5, 5.41) is 13.2. The maximum absolute atomic E-state index is 12.0. The molecule has 2 aromatic rings. The molecule has 0 unspecified atom stereocenters. The molecule has 0 radical (unpaired) electrons. The lowest BCUT2D eigenvalue weighted by Gasteiger charge is -2.05. The van der Waals surface area contributed by atoms with Gasteiger partial charge in [0.15, 0.2) is 5.82 Å². The summed E-state index contributed by atoms with van der Waals surface area (Å²) >= 11 is 8.97. The van der Waals surface area contributed by atoms with Crippen LogP contribution in [-0.2, 0) is 0 Å². The molecule has 0 aliphatic carbocycles. The lowest BCUT2D eigenvalue weighted by atomic mass is 10.2. The minimum absolute atomic E-state index is 0.00872. The second-order valence-electron chi connectivity index (χ2n) is 3.60. The summed E-state index contributed by atoms with van der Waals surface area (Å²) in [7, 11) is 0. The zero-order valence-electron chi connectivity index (χ0n) is 9.71. The van der Waals surface area contributed by atoms with E-state index in [0.717, 1.165) is 6.07 Å². The van der Waals surface area contributed by atoms with Gasteiger partial charge in [0, 0.05) is 12.1 Å². The number of carbonyl (C=O) groups excluding carboxylic acids is 1. The van der Waals surface area contributed by atoms with Crippen LogP contribution in [0.3, 0.4) is 0 Å².